The Morgan fingerprint density at radius 3 is 2.52 bits per heavy atom. The van der Waals surface area contributed by atoms with Crippen LogP contribution in [0, 0.1) is 5.92 Å². The van der Waals surface area contributed by atoms with Crippen molar-refractivity contribution < 1.29 is 18.0 Å². The molecule has 0 bridgehead atoms. The summed E-state index contributed by atoms with van der Waals surface area (Å²) in [4.78, 5) is 34.5. The van der Waals surface area contributed by atoms with Gasteiger partial charge in [0.25, 0.3) is 10.0 Å². The Labute approximate surface area is 209 Å². The zero-order valence-electron chi connectivity index (χ0n) is 19.0. The number of fused-ring (bicyclic) bond motifs is 1. The Balaban J connectivity index is 0.00000193. The van der Waals surface area contributed by atoms with Crippen molar-refractivity contribution in [1.29, 1.82) is 0 Å². The molecule has 1 aromatic rings. The number of halogens is 2. The van der Waals surface area contributed by atoms with Crippen molar-refractivity contribution in [2.45, 2.75) is 68.8 Å². The zero-order valence-corrected chi connectivity index (χ0v) is 21.4. The molecule has 11 heteroatoms. The first-order chi connectivity index (χ1) is 14.9. The van der Waals surface area contributed by atoms with E-state index < -0.39 is 22.0 Å². The summed E-state index contributed by atoms with van der Waals surface area (Å²) >= 11 is 0. The molecule has 186 valence electrons. The van der Waals surface area contributed by atoms with Crippen molar-refractivity contribution in [3.8, 4) is 0 Å². The number of rotatable bonds is 7. The summed E-state index contributed by atoms with van der Waals surface area (Å²) in [5, 5.41) is 0. The van der Waals surface area contributed by atoms with Crippen LogP contribution in [0.4, 0.5) is 0 Å². The van der Waals surface area contributed by atoms with Gasteiger partial charge >= 0.3 is 0 Å². The maximum absolute atomic E-state index is 13.3. The van der Waals surface area contributed by atoms with Gasteiger partial charge in [-0.25, -0.2) is 12.7 Å². The number of carbonyl (C=O) groups is 2. The first kappa shape index (κ1) is 27.8. The molecule has 2 amide bonds. The number of amides is 2. The predicted molar refractivity (Wildman–Crippen MR) is 130 cm³/mol. The molecule has 3 saturated heterocycles. The maximum Gasteiger partial charge on any atom is 0.268 e. The van der Waals surface area contributed by atoms with Gasteiger partial charge in [0.05, 0.1) is 18.0 Å². The summed E-state index contributed by atoms with van der Waals surface area (Å²) in [7, 11) is -4.00. The van der Waals surface area contributed by atoms with Gasteiger partial charge in [0.2, 0.25) is 11.8 Å². The summed E-state index contributed by atoms with van der Waals surface area (Å²) < 4.78 is 27.7. The van der Waals surface area contributed by atoms with Crippen molar-refractivity contribution in [1.82, 2.24) is 19.1 Å². The summed E-state index contributed by atoms with van der Waals surface area (Å²) in [6.07, 6.45) is 8.64. The molecular weight excluding hydrogens is 487 g/mol. The minimum Gasteiger partial charge on any atom is -0.337 e. The third-order valence-corrected chi connectivity index (χ3v) is 8.68. The van der Waals surface area contributed by atoms with Gasteiger partial charge in [0, 0.05) is 31.9 Å². The fraction of sp³-hybridized carbons (Fsp3) is 0.682. The molecule has 0 spiro atoms. The summed E-state index contributed by atoms with van der Waals surface area (Å²) in [5.41, 5.74) is 0. The smallest absolute Gasteiger partial charge is 0.268 e. The normalized spacial score (nSPS) is 25.4. The largest absolute Gasteiger partial charge is 0.337 e. The molecule has 1 aromatic heterocycles. The van der Waals surface area contributed by atoms with Gasteiger partial charge in [0.1, 0.15) is 4.90 Å². The predicted octanol–water partition coefficient (Wildman–Crippen LogP) is 2.72. The van der Waals surface area contributed by atoms with E-state index in [1.165, 1.54) is 37.7 Å². The number of nitrogens with zero attached hydrogens (tertiary/aromatic N) is 4. The van der Waals surface area contributed by atoms with Crippen LogP contribution in [0.2, 0.25) is 0 Å². The first-order valence-corrected chi connectivity index (χ1v) is 12.9. The second kappa shape index (κ2) is 11.8. The van der Waals surface area contributed by atoms with E-state index in [-0.39, 0.29) is 47.6 Å². The molecule has 0 N–H and O–H groups in total. The molecule has 3 aliphatic heterocycles. The fourth-order valence-electron chi connectivity index (χ4n) is 5.40. The number of pyridine rings is 1. The highest BCUT2D eigenvalue weighted by Crippen LogP contribution is 2.41. The van der Waals surface area contributed by atoms with E-state index in [0.29, 0.717) is 25.8 Å². The average Bonchev–Trinajstić information content (AvgIpc) is 3.32. The summed E-state index contributed by atoms with van der Waals surface area (Å²) in [6.45, 7) is 5.29. The van der Waals surface area contributed by atoms with E-state index in [1.54, 1.807) is 11.0 Å². The Bertz CT molecular complexity index is 912. The Hall–Kier alpha value is -1.42. The molecule has 0 aliphatic carbocycles. The molecule has 3 fully saturated rings. The van der Waals surface area contributed by atoms with Crippen LogP contribution in [0.25, 0.3) is 0 Å². The van der Waals surface area contributed by atoms with E-state index in [2.05, 4.69) is 9.88 Å². The van der Waals surface area contributed by atoms with Crippen LogP contribution in [0.5, 0.6) is 0 Å². The molecule has 3 aliphatic rings. The van der Waals surface area contributed by atoms with Crippen molar-refractivity contribution in [2.24, 2.45) is 5.92 Å². The van der Waals surface area contributed by atoms with Crippen LogP contribution in [0.1, 0.15) is 51.9 Å². The number of hydrogen-bond acceptors (Lipinski definition) is 6. The van der Waals surface area contributed by atoms with Crippen LogP contribution in [0.15, 0.2) is 29.4 Å². The van der Waals surface area contributed by atoms with E-state index in [9.17, 15) is 18.0 Å². The van der Waals surface area contributed by atoms with Gasteiger partial charge in [-0.05, 0) is 50.9 Å². The monoisotopic (exact) mass is 520 g/mol. The highest BCUT2D eigenvalue weighted by atomic mass is 35.5. The van der Waals surface area contributed by atoms with Gasteiger partial charge in [-0.2, -0.15) is 0 Å². The van der Waals surface area contributed by atoms with E-state index >= 15 is 0 Å². The van der Waals surface area contributed by atoms with Crippen LogP contribution >= 0.6 is 24.8 Å². The lowest BCUT2D eigenvalue weighted by Gasteiger charge is -2.30. The second-order valence-electron chi connectivity index (χ2n) is 8.81. The number of piperidine rings is 1. The third-order valence-electron chi connectivity index (χ3n) is 6.87. The van der Waals surface area contributed by atoms with E-state index in [1.807, 2.05) is 6.92 Å². The quantitative estimate of drug-likeness (QED) is 0.548. The molecular formula is C22H34Cl2N4O4S. The molecule has 0 saturated carbocycles. The van der Waals surface area contributed by atoms with Gasteiger partial charge in [0.15, 0.2) is 0 Å². The lowest BCUT2D eigenvalue weighted by molar-refractivity contribution is -0.134. The van der Waals surface area contributed by atoms with Gasteiger partial charge in [-0.15, -0.1) is 24.8 Å². The molecule has 33 heavy (non-hydrogen) atoms. The Morgan fingerprint density at radius 1 is 1.15 bits per heavy atom. The van der Waals surface area contributed by atoms with Crippen LogP contribution in [-0.4, -0.2) is 77.6 Å². The summed E-state index contributed by atoms with van der Waals surface area (Å²) in [5.74, 6) is -0.815. The minimum atomic E-state index is -4.00. The van der Waals surface area contributed by atoms with Crippen molar-refractivity contribution in [2.75, 3.05) is 26.2 Å². The number of hydrogen-bond donors (Lipinski definition) is 0. The summed E-state index contributed by atoms with van der Waals surface area (Å²) in [6, 6.07) is 2.16. The molecule has 0 radical (unpaired) electrons. The molecule has 4 rings (SSSR count). The topological polar surface area (TPSA) is 90.9 Å². The van der Waals surface area contributed by atoms with Gasteiger partial charge in [-0.1, -0.05) is 19.8 Å². The van der Waals surface area contributed by atoms with Crippen LogP contribution < -0.4 is 0 Å². The van der Waals surface area contributed by atoms with Gasteiger partial charge < -0.3 is 9.80 Å². The number of aromatic nitrogens is 1. The van der Waals surface area contributed by atoms with Crippen molar-refractivity contribution >= 4 is 46.7 Å². The SMILES string of the molecule is CCC[C@H]1C(=O)N(S(=O)(=O)c2cccnc2)[C@H]2CCN(C(=O)CCN3CCCCC3)[C@H]12.Cl.Cl. The standard InChI is InChI=1S/C22H32N4O4S.2ClH/c1-2-7-18-21-19(26(22(18)28)31(29,30)17-8-6-11-23-16-17)9-15-25(21)20(27)10-14-24-12-4-3-5-13-24;;/h6,8,11,16,18-19,21H,2-5,7,9-10,12-15H2,1H3;2*1H/t18-,19+,21-;;/m1../s1. The highest BCUT2D eigenvalue weighted by molar-refractivity contribution is 7.89. The van der Waals surface area contributed by atoms with Crippen molar-refractivity contribution in [3.05, 3.63) is 24.5 Å². The molecule has 0 unspecified atom stereocenters. The minimum absolute atomic E-state index is 0. The van der Waals surface area contributed by atoms with Gasteiger partial charge in [-0.3, -0.25) is 14.6 Å². The molecule has 0 aromatic carbocycles. The average molecular weight is 522 g/mol. The van der Waals surface area contributed by atoms with Crippen LogP contribution in [0.3, 0.4) is 0 Å². The molecule has 8 nitrogen and oxygen atoms in total. The lowest BCUT2D eigenvalue weighted by Crippen LogP contribution is -2.44. The first-order valence-electron chi connectivity index (χ1n) is 11.4. The van der Waals surface area contributed by atoms with E-state index in [0.717, 1.165) is 30.4 Å². The fourth-order valence-corrected chi connectivity index (χ4v) is 7.03. The Kier molecular flexibility index (Phi) is 9.96. The molecule has 4 heterocycles. The zero-order chi connectivity index (χ0) is 22.0. The second-order valence-corrected chi connectivity index (χ2v) is 10.6. The Morgan fingerprint density at radius 2 is 1.88 bits per heavy atom. The molecule has 3 atom stereocenters. The highest BCUT2D eigenvalue weighted by Gasteiger charge is 2.58. The van der Waals surface area contributed by atoms with Crippen molar-refractivity contribution in [3.63, 3.8) is 0 Å². The number of carbonyl (C=O) groups excluding carboxylic acids is 2. The maximum atomic E-state index is 13.3. The third kappa shape index (κ3) is 5.47. The number of likely N-dealkylation sites (tertiary alicyclic amines) is 2. The number of sulfonamides is 1. The van der Waals surface area contributed by atoms with E-state index in [4.69, 9.17) is 0 Å². The van der Waals surface area contributed by atoms with Crippen LogP contribution in [-0.2, 0) is 19.6 Å². The lowest BCUT2D eigenvalue weighted by atomic mass is 9.94.